The fourth-order valence-corrected chi connectivity index (χ4v) is 1.89. The molecule has 0 aliphatic carbocycles. The minimum Gasteiger partial charge on any atom is -0.316 e. The number of nitrogens with one attached hydrogen (secondary N) is 3. The van der Waals surface area contributed by atoms with E-state index in [0.717, 1.165) is 25.2 Å². The predicted octanol–water partition coefficient (Wildman–Crippen LogP) is 0.245. The summed E-state index contributed by atoms with van der Waals surface area (Å²) in [6.07, 6.45) is 3.49. The van der Waals surface area contributed by atoms with Crippen LogP contribution in [0.25, 0.3) is 0 Å². The zero-order chi connectivity index (χ0) is 9.10. The van der Waals surface area contributed by atoms with Crippen LogP contribution in [0.5, 0.6) is 0 Å². The fraction of sp³-hybridized carbons (Fsp3) is 0.667. The van der Waals surface area contributed by atoms with Crippen molar-refractivity contribution >= 4 is 0 Å². The molecule has 2 heterocycles. The molecule has 4 nitrogen and oxygen atoms in total. The van der Waals surface area contributed by atoms with Gasteiger partial charge in [-0.25, -0.2) is 0 Å². The van der Waals surface area contributed by atoms with Crippen LogP contribution in [0.15, 0.2) is 10.9 Å². The third-order valence-electron chi connectivity index (χ3n) is 2.56. The molecule has 0 radical (unpaired) electrons. The molecule has 1 saturated heterocycles. The Morgan fingerprint density at radius 2 is 2.38 bits per heavy atom. The number of aromatic nitrogens is 2. The van der Waals surface area contributed by atoms with Crippen molar-refractivity contribution < 1.29 is 0 Å². The molecule has 1 aromatic heterocycles. The monoisotopic (exact) mass is 181 g/mol. The van der Waals surface area contributed by atoms with E-state index in [4.69, 9.17) is 0 Å². The van der Waals surface area contributed by atoms with Crippen molar-refractivity contribution in [3.05, 3.63) is 22.1 Å². The van der Waals surface area contributed by atoms with Crippen LogP contribution >= 0.6 is 0 Å². The van der Waals surface area contributed by atoms with Crippen molar-refractivity contribution in [2.75, 3.05) is 13.1 Å². The molecule has 1 aromatic rings. The quantitative estimate of drug-likeness (QED) is 0.612. The summed E-state index contributed by atoms with van der Waals surface area (Å²) < 4.78 is 0. The third kappa shape index (κ3) is 2.21. The smallest absolute Gasteiger partial charge is 0.264 e. The van der Waals surface area contributed by atoms with Gasteiger partial charge < -0.3 is 10.4 Å². The average Bonchev–Trinajstić information content (AvgIpc) is 2.53. The molecule has 3 N–H and O–H groups in total. The van der Waals surface area contributed by atoms with Crippen molar-refractivity contribution in [2.45, 2.75) is 19.3 Å². The van der Waals surface area contributed by atoms with Crippen molar-refractivity contribution in [2.24, 2.45) is 5.92 Å². The first-order chi connectivity index (χ1) is 6.34. The van der Waals surface area contributed by atoms with Gasteiger partial charge in [-0.2, -0.15) is 0 Å². The summed E-state index contributed by atoms with van der Waals surface area (Å²) in [6.45, 7) is 2.22. The first-order valence-corrected chi connectivity index (χ1v) is 4.82. The second-order valence-corrected chi connectivity index (χ2v) is 3.70. The van der Waals surface area contributed by atoms with Crippen LogP contribution in [0.4, 0.5) is 0 Å². The Hall–Kier alpha value is -1.03. The summed E-state index contributed by atoms with van der Waals surface area (Å²) in [5.74, 6) is 0.681. The van der Waals surface area contributed by atoms with Gasteiger partial charge in [-0.3, -0.25) is 9.89 Å². The van der Waals surface area contributed by atoms with Gasteiger partial charge in [0.05, 0.1) is 0 Å². The Morgan fingerprint density at radius 1 is 1.46 bits per heavy atom. The largest absolute Gasteiger partial charge is 0.316 e. The van der Waals surface area contributed by atoms with Crippen LogP contribution in [-0.4, -0.2) is 23.3 Å². The third-order valence-corrected chi connectivity index (χ3v) is 2.56. The number of rotatable bonds is 2. The normalized spacial score (nSPS) is 23.2. The molecule has 2 rings (SSSR count). The summed E-state index contributed by atoms with van der Waals surface area (Å²) in [4.78, 5) is 10.8. The molecule has 1 unspecified atom stereocenters. The van der Waals surface area contributed by atoms with Crippen LogP contribution in [0.3, 0.4) is 0 Å². The standard InChI is InChI=1S/C9H15N3O/c13-9-5-8(11-12-9)4-7-2-1-3-10-6-7/h5,7,10H,1-4,6H2,(H2,11,12,13). The molecule has 72 valence electrons. The molecular formula is C9H15N3O. The molecular weight excluding hydrogens is 166 g/mol. The van der Waals surface area contributed by atoms with Gasteiger partial charge >= 0.3 is 0 Å². The van der Waals surface area contributed by atoms with E-state index in [1.165, 1.54) is 12.8 Å². The van der Waals surface area contributed by atoms with Gasteiger partial charge in [-0.1, -0.05) is 0 Å². The highest BCUT2D eigenvalue weighted by Gasteiger charge is 2.13. The van der Waals surface area contributed by atoms with E-state index in [0.29, 0.717) is 5.92 Å². The Labute approximate surface area is 76.7 Å². The minimum atomic E-state index is -0.0289. The van der Waals surface area contributed by atoms with Gasteiger partial charge in [0.2, 0.25) is 0 Å². The van der Waals surface area contributed by atoms with E-state index in [-0.39, 0.29) is 5.56 Å². The van der Waals surface area contributed by atoms with E-state index in [1.54, 1.807) is 6.07 Å². The number of H-pyrrole nitrogens is 2. The van der Waals surface area contributed by atoms with Gasteiger partial charge in [0, 0.05) is 11.8 Å². The molecule has 4 heteroatoms. The lowest BCUT2D eigenvalue weighted by atomic mass is 9.95. The van der Waals surface area contributed by atoms with Crippen LogP contribution in [0.2, 0.25) is 0 Å². The maximum Gasteiger partial charge on any atom is 0.264 e. The first kappa shape index (κ1) is 8.56. The zero-order valence-corrected chi connectivity index (χ0v) is 7.60. The summed E-state index contributed by atoms with van der Waals surface area (Å²) in [5, 5.41) is 8.80. The molecule has 0 aromatic carbocycles. The SMILES string of the molecule is O=c1cc(CC2CCCNC2)[nH][nH]1. The summed E-state index contributed by atoms with van der Waals surface area (Å²) in [5.41, 5.74) is 0.998. The topological polar surface area (TPSA) is 60.7 Å². The maximum absolute atomic E-state index is 10.8. The highest BCUT2D eigenvalue weighted by atomic mass is 16.1. The summed E-state index contributed by atoms with van der Waals surface area (Å²) in [6, 6.07) is 1.65. The predicted molar refractivity (Wildman–Crippen MR) is 50.7 cm³/mol. The van der Waals surface area contributed by atoms with E-state index in [1.807, 2.05) is 0 Å². The van der Waals surface area contributed by atoms with Gasteiger partial charge in [0.1, 0.15) is 0 Å². The molecule has 1 atom stereocenters. The number of piperidine rings is 1. The second-order valence-electron chi connectivity index (χ2n) is 3.70. The lowest BCUT2D eigenvalue weighted by Crippen LogP contribution is -2.30. The Bertz CT molecular complexity index is 309. The molecule has 1 aliphatic rings. The van der Waals surface area contributed by atoms with Crippen molar-refractivity contribution in [1.29, 1.82) is 0 Å². The van der Waals surface area contributed by atoms with Gasteiger partial charge in [-0.05, 0) is 38.3 Å². The van der Waals surface area contributed by atoms with Crippen molar-refractivity contribution in [1.82, 2.24) is 15.5 Å². The lowest BCUT2D eigenvalue weighted by Gasteiger charge is -2.21. The van der Waals surface area contributed by atoms with Gasteiger partial charge in [0.15, 0.2) is 0 Å². The lowest BCUT2D eigenvalue weighted by molar-refractivity contribution is 0.373. The van der Waals surface area contributed by atoms with E-state index < -0.39 is 0 Å². The first-order valence-electron chi connectivity index (χ1n) is 4.82. The highest BCUT2D eigenvalue weighted by Crippen LogP contribution is 2.13. The number of hydrogen-bond donors (Lipinski definition) is 3. The number of hydrogen-bond acceptors (Lipinski definition) is 2. The Balaban J connectivity index is 1.93. The summed E-state index contributed by atoms with van der Waals surface area (Å²) in [7, 11) is 0. The van der Waals surface area contributed by atoms with Crippen molar-refractivity contribution in [3.8, 4) is 0 Å². The van der Waals surface area contributed by atoms with E-state index >= 15 is 0 Å². The molecule has 0 spiro atoms. The zero-order valence-electron chi connectivity index (χ0n) is 7.60. The molecule has 0 saturated carbocycles. The molecule has 1 aliphatic heterocycles. The van der Waals surface area contributed by atoms with E-state index in [9.17, 15) is 4.79 Å². The molecule has 13 heavy (non-hydrogen) atoms. The Kier molecular flexibility index (Phi) is 2.49. The average molecular weight is 181 g/mol. The summed E-state index contributed by atoms with van der Waals surface area (Å²) >= 11 is 0. The number of aromatic amines is 2. The van der Waals surface area contributed by atoms with Crippen LogP contribution in [-0.2, 0) is 6.42 Å². The van der Waals surface area contributed by atoms with Crippen LogP contribution < -0.4 is 10.9 Å². The van der Waals surface area contributed by atoms with Crippen LogP contribution in [0, 0.1) is 5.92 Å². The second kappa shape index (κ2) is 3.79. The fourth-order valence-electron chi connectivity index (χ4n) is 1.89. The van der Waals surface area contributed by atoms with Crippen molar-refractivity contribution in [3.63, 3.8) is 0 Å². The van der Waals surface area contributed by atoms with Crippen LogP contribution in [0.1, 0.15) is 18.5 Å². The Morgan fingerprint density at radius 3 is 3.00 bits per heavy atom. The molecule has 0 bridgehead atoms. The maximum atomic E-state index is 10.8. The highest BCUT2D eigenvalue weighted by molar-refractivity contribution is 4.99. The molecule has 1 fully saturated rings. The minimum absolute atomic E-state index is 0.0289. The van der Waals surface area contributed by atoms with E-state index in [2.05, 4.69) is 15.5 Å². The van der Waals surface area contributed by atoms with Gasteiger partial charge in [0.25, 0.3) is 5.56 Å². The molecule has 0 amide bonds. The van der Waals surface area contributed by atoms with Gasteiger partial charge in [-0.15, -0.1) is 0 Å².